The Labute approximate surface area is 170 Å². The van der Waals surface area contributed by atoms with Crippen LogP contribution >= 0.6 is 22.7 Å². The van der Waals surface area contributed by atoms with Gasteiger partial charge in [0.1, 0.15) is 11.0 Å². The fraction of sp³-hybridized carbons (Fsp3) is 0.300. The smallest absolute Gasteiger partial charge is 0.223 e. The lowest BCUT2D eigenvalue weighted by atomic mass is 10.0. The van der Waals surface area contributed by atoms with Gasteiger partial charge in [-0.15, -0.1) is 22.7 Å². The van der Waals surface area contributed by atoms with Crippen LogP contribution < -0.4 is 0 Å². The van der Waals surface area contributed by atoms with Gasteiger partial charge in [0.05, 0.1) is 27.2 Å². The number of amides is 1. The normalized spacial score (nSPS) is 16.5. The molecule has 1 N–H and O–H groups in total. The third-order valence-electron chi connectivity index (χ3n) is 5.01. The van der Waals surface area contributed by atoms with E-state index in [0.717, 1.165) is 38.0 Å². The topological polar surface area (TPSA) is 74.8 Å². The molecule has 1 aliphatic heterocycles. The van der Waals surface area contributed by atoms with Gasteiger partial charge in [0, 0.05) is 42.6 Å². The van der Waals surface area contributed by atoms with Crippen molar-refractivity contribution >= 4 is 38.8 Å². The van der Waals surface area contributed by atoms with E-state index in [2.05, 4.69) is 21.0 Å². The van der Waals surface area contributed by atoms with Gasteiger partial charge < -0.3 is 9.88 Å². The summed E-state index contributed by atoms with van der Waals surface area (Å²) >= 11 is 3.30. The van der Waals surface area contributed by atoms with Gasteiger partial charge in [0.2, 0.25) is 5.91 Å². The highest BCUT2D eigenvalue weighted by molar-refractivity contribution is 7.18. The molecule has 1 aromatic carbocycles. The van der Waals surface area contributed by atoms with Crippen LogP contribution in [-0.2, 0) is 17.6 Å². The number of imidazole rings is 1. The van der Waals surface area contributed by atoms with Crippen molar-refractivity contribution in [1.29, 1.82) is 0 Å². The van der Waals surface area contributed by atoms with Crippen molar-refractivity contribution in [2.45, 2.75) is 32.2 Å². The Morgan fingerprint density at radius 1 is 1.29 bits per heavy atom. The number of hydrogen-bond acceptors (Lipinski definition) is 6. The summed E-state index contributed by atoms with van der Waals surface area (Å²) in [5, 5.41) is 1.94. The SMILES string of the molecule is Cc1cnc(CCC(=O)N2CCc3[nH]cnc3[C@H]2c2nc3ccccc3s2)s1. The molecule has 0 aliphatic carbocycles. The number of aryl methyl sites for hydroxylation is 2. The van der Waals surface area contributed by atoms with E-state index in [4.69, 9.17) is 4.98 Å². The van der Waals surface area contributed by atoms with Crippen LogP contribution in [0.5, 0.6) is 0 Å². The molecule has 4 aromatic rings. The number of rotatable bonds is 4. The Hall–Kier alpha value is -2.58. The summed E-state index contributed by atoms with van der Waals surface area (Å²) in [6.45, 7) is 2.71. The first-order valence-electron chi connectivity index (χ1n) is 9.27. The molecular formula is C20H19N5OS2. The van der Waals surface area contributed by atoms with Crippen LogP contribution in [0.15, 0.2) is 36.8 Å². The predicted octanol–water partition coefficient (Wildman–Crippen LogP) is 3.89. The first-order chi connectivity index (χ1) is 13.7. The first-order valence-corrected chi connectivity index (χ1v) is 10.9. The van der Waals surface area contributed by atoms with Crippen LogP contribution in [0.1, 0.15) is 38.7 Å². The maximum absolute atomic E-state index is 13.2. The molecule has 142 valence electrons. The molecule has 0 unspecified atom stereocenters. The Morgan fingerprint density at radius 3 is 3.00 bits per heavy atom. The minimum Gasteiger partial charge on any atom is -0.348 e. The second-order valence-electron chi connectivity index (χ2n) is 6.89. The molecule has 3 aromatic heterocycles. The van der Waals surface area contributed by atoms with E-state index in [1.54, 1.807) is 29.0 Å². The highest BCUT2D eigenvalue weighted by Crippen LogP contribution is 2.37. The summed E-state index contributed by atoms with van der Waals surface area (Å²) in [5.74, 6) is 0.130. The molecule has 0 saturated heterocycles. The van der Waals surface area contributed by atoms with Crippen LogP contribution in [-0.4, -0.2) is 37.3 Å². The van der Waals surface area contributed by atoms with Crippen molar-refractivity contribution in [3.05, 3.63) is 63.1 Å². The fourth-order valence-corrected chi connectivity index (χ4v) is 5.55. The minimum absolute atomic E-state index is 0.130. The second kappa shape index (κ2) is 7.10. The van der Waals surface area contributed by atoms with Crippen molar-refractivity contribution in [2.75, 3.05) is 6.54 Å². The monoisotopic (exact) mass is 409 g/mol. The van der Waals surface area contributed by atoms with Gasteiger partial charge in [-0.1, -0.05) is 12.1 Å². The number of H-pyrrole nitrogens is 1. The lowest BCUT2D eigenvalue weighted by Crippen LogP contribution is -2.40. The van der Waals surface area contributed by atoms with E-state index in [0.29, 0.717) is 19.4 Å². The third-order valence-corrected chi connectivity index (χ3v) is 7.07. The number of carbonyl (C=O) groups is 1. The van der Waals surface area contributed by atoms with E-state index < -0.39 is 0 Å². The number of thiazole rings is 2. The molecule has 0 radical (unpaired) electrons. The molecule has 28 heavy (non-hydrogen) atoms. The quantitative estimate of drug-likeness (QED) is 0.555. The van der Waals surface area contributed by atoms with E-state index in [-0.39, 0.29) is 11.9 Å². The number of aromatic amines is 1. The molecule has 6 nitrogen and oxygen atoms in total. The van der Waals surface area contributed by atoms with Gasteiger partial charge in [0.15, 0.2) is 0 Å². The molecule has 0 fully saturated rings. The van der Waals surface area contributed by atoms with Crippen LogP contribution in [0, 0.1) is 6.92 Å². The van der Waals surface area contributed by atoms with Gasteiger partial charge in [-0.05, 0) is 19.1 Å². The van der Waals surface area contributed by atoms with Crippen molar-refractivity contribution in [3.63, 3.8) is 0 Å². The highest BCUT2D eigenvalue weighted by atomic mass is 32.1. The number of benzene rings is 1. The molecule has 1 atom stereocenters. The average molecular weight is 410 g/mol. The standard InChI is InChI=1S/C20H19N5OS2/c1-12-10-21-16(27-12)6-7-17(26)25-9-8-14-18(23-11-22-14)19(25)20-24-13-4-2-3-5-15(13)28-20/h2-5,10-11,19H,6-9H2,1H3,(H,22,23)/t19-/m0/s1. The third kappa shape index (κ3) is 3.12. The number of para-hydroxylation sites is 1. The van der Waals surface area contributed by atoms with Gasteiger partial charge in [-0.25, -0.2) is 15.0 Å². The highest BCUT2D eigenvalue weighted by Gasteiger charge is 2.35. The Bertz CT molecular complexity index is 1110. The number of carbonyl (C=O) groups excluding carboxylic acids is 1. The molecular weight excluding hydrogens is 390 g/mol. The van der Waals surface area contributed by atoms with Crippen molar-refractivity contribution < 1.29 is 4.79 Å². The molecule has 1 aliphatic rings. The number of nitrogens with one attached hydrogen (secondary N) is 1. The van der Waals surface area contributed by atoms with Gasteiger partial charge in [0.25, 0.3) is 0 Å². The van der Waals surface area contributed by atoms with Crippen molar-refractivity contribution in [3.8, 4) is 0 Å². The lowest BCUT2D eigenvalue weighted by Gasteiger charge is -2.33. The molecule has 0 spiro atoms. The summed E-state index contributed by atoms with van der Waals surface area (Å²) in [4.78, 5) is 33.3. The maximum Gasteiger partial charge on any atom is 0.223 e. The van der Waals surface area contributed by atoms with Crippen molar-refractivity contribution in [1.82, 2.24) is 24.8 Å². The molecule has 8 heteroatoms. The van der Waals surface area contributed by atoms with Gasteiger partial charge >= 0.3 is 0 Å². The largest absolute Gasteiger partial charge is 0.348 e. The van der Waals surface area contributed by atoms with Crippen LogP contribution in [0.3, 0.4) is 0 Å². The van der Waals surface area contributed by atoms with Crippen LogP contribution in [0.4, 0.5) is 0 Å². The molecule has 5 rings (SSSR count). The minimum atomic E-state index is -0.224. The number of fused-ring (bicyclic) bond motifs is 2. The summed E-state index contributed by atoms with van der Waals surface area (Å²) in [6, 6.07) is 7.87. The summed E-state index contributed by atoms with van der Waals surface area (Å²) < 4.78 is 1.13. The van der Waals surface area contributed by atoms with E-state index >= 15 is 0 Å². The molecule has 0 bridgehead atoms. The second-order valence-corrected chi connectivity index (χ2v) is 9.27. The van der Waals surface area contributed by atoms with E-state index in [9.17, 15) is 4.79 Å². The lowest BCUT2D eigenvalue weighted by molar-refractivity contribution is -0.133. The maximum atomic E-state index is 13.2. The van der Waals surface area contributed by atoms with E-state index in [1.165, 1.54) is 4.88 Å². The predicted molar refractivity (Wildman–Crippen MR) is 111 cm³/mol. The van der Waals surface area contributed by atoms with Gasteiger partial charge in [-0.2, -0.15) is 0 Å². The number of aromatic nitrogens is 4. The molecule has 0 saturated carbocycles. The number of nitrogens with zero attached hydrogens (tertiary/aromatic N) is 4. The zero-order valence-electron chi connectivity index (χ0n) is 15.4. The van der Waals surface area contributed by atoms with Crippen LogP contribution in [0.2, 0.25) is 0 Å². The Morgan fingerprint density at radius 2 is 2.18 bits per heavy atom. The fourth-order valence-electron chi connectivity index (χ4n) is 3.68. The zero-order chi connectivity index (χ0) is 19.1. The van der Waals surface area contributed by atoms with Gasteiger partial charge in [-0.3, -0.25) is 4.79 Å². The molecule has 4 heterocycles. The van der Waals surface area contributed by atoms with Crippen LogP contribution in [0.25, 0.3) is 10.2 Å². The zero-order valence-corrected chi connectivity index (χ0v) is 17.0. The van der Waals surface area contributed by atoms with Crippen molar-refractivity contribution in [2.24, 2.45) is 0 Å². The number of hydrogen-bond donors (Lipinski definition) is 1. The Kier molecular flexibility index (Phi) is 4.44. The average Bonchev–Trinajstić information content (AvgIpc) is 3.43. The van der Waals surface area contributed by atoms with E-state index in [1.807, 2.05) is 36.2 Å². The Balaban J connectivity index is 1.46. The first kappa shape index (κ1) is 17.5. The summed E-state index contributed by atoms with van der Waals surface area (Å²) in [7, 11) is 0. The summed E-state index contributed by atoms with van der Waals surface area (Å²) in [5.41, 5.74) is 2.99. The molecule has 1 amide bonds. The summed E-state index contributed by atoms with van der Waals surface area (Å²) in [6.07, 6.45) is 5.50.